The van der Waals surface area contributed by atoms with Crippen LogP contribution in [0.1, 0.15) is 24.5 Å². The fourth-order valence-corrected chi connectivity index (χ4v) is 2.41. The first kappa shape index (κ1) is 15.7. The second-order valence-corrected chi connectivity index (χ2v) is 5.48. The second kappa shape index (κ2) is 7.94. The topological polar surface area (TPSA) is 21.3 Å². The smallest absolute Gasteiger partial charge is 0.119 e. The molecule has 0 amide bonds. The lowest BCUT2D eigenvalue weighted by Gasteiger charge is -2.14. The zero-order chi connectivity index (χ0) is 15.1. The summed E-state index contributed by atoms with van der Waals surface area (Å²) in [4.78, 5) is 0. The molecule has 0 aliphatic heterocycles. The molecule has 0 saturated carbocycles. The van der Waals surface area contributed by atoms with Gasteiger partial charge in [0.2, 0.25) is 0 Å². The van der Waals surface area contributed by atoms with Crippen LogP contribution in [0.2, 0.25) is 5.02 Å². The minimum Gasteiger partial charge on any atom is -0.494 e. The Balaban J connectivity index is 1.76. The molecule has 0 aliphatic carbocycles. The van der Waals surface area contributed by atoms with E-state index in [9.17, 15) is 0 Å². The number of hydrogen-bond donors (Lipinski definition) is 1. The van der Waals surface area contributed by atoms with Crippen molar-refractivity contribution in [1.29, 1.82) is 0 Å². The molecule has 112 valence electrons. The van der Waals surface area contributed by atoms with E-state index in [1.165, 1.54) is 16.8 Å². The molecule has 0 radical (unpaired) electrons. The first-order valence-corrected chi connectivity index (χ1v) is 7.79. The molecular weight excluding hydrogens is 282 g/mol. The monoisotopic (exact) mass is 303 g/mol. The number of anilines is 1. The van der Waals surface area contributed by atoms with Crippen molar-refractivity contribution in [1.82, 2.24) is 0 Å². The maximum atomic E-state index is 5.84. The van der Waals surface area contributed by atoms with Crippen LogP contribution in [0.25, 0.3) is 0 Å². The predicted octanol–water partition coefficient (Wildman–Crippen LogP) is 5.09. The lowest BCUT2D eigenvalue weighted by Crippen LogP contribution is -2.09. The van der Waals surface area contributed by atoms with Crippen LogP contribution in [0.15, 0.2) is 42.5 Å². The summed E-state index contributed by atoms with van der Waals surface area (Å²) in [6.07, 6.45) is 2.01. The summed E-state index contributed by atoms with van der Waals surface area (Å²) in [5, 5.41) is 4.26. The van der Waals surface area contributed by atoms with Crippen molar-refractivity contribution in [3.8, 4) is 5.75 Å². The van der Waals surface area contributed by atoms with Crippen LogP contribution in [0, 0.1) is 6.92 Å². The van der Waals surface area contributed by atoms with E-state index in [2.05, 4.69) is 37.4 Å². The highest BCUT2D eigenvalue weighted by molar-refractivity contribution is 6.30. The van der Waals surface area contributed by atoms with Gasteiger partial charge in [0.1, 0.15) is 5.75 Å². The lowest BCUT2D eigenvalue weighted by molar-refractivity contribution is 0.315. The average Bonchev–Trinajstić information content (AvgIpc) is 2.50. The van der Waals surface area contributed by atoms with Gasteiger partial charge in [-0.05, 0) is 55.2 Å². The van der Waals surface area contributed by atoms with Crippen LogP contribution in [0.5, 0.6) is 5.75 Å². The normalized spacial score (nSPS) is 10.4. The van der Waals surface area contributed by atoms with Gasteiger partial charge in [-0.15, -0.1) is 0 Å². The maximum absolute atomic E-state index is 5.84. The van der Waals surface area contributed by atoms with Crippen molar-refractivity contribution >= 4 is 17.3 Å². The molecule has 0 spiro atoms. The molecular formula is C18H22ClNO. The van der Waals surface area contributed by atoms with Gasteiger partial charge >= 0.3 is 0 Å². The number of halogens is 1. The SMILES string of the molecule is CCc1cccc(C)c1NCCCOc1ccc(Cl)cc1. The highest BCUT2D eigenvalue weighted by atomic mass is 35.5. The highest BCUT2D eigenvalue weighted by Gasteiger charge is 2.03. The van der Waals surface area contributed by atoms with Crippen LogP contribution in [-0.4, -0.2) is 13.2 Å². The van der Waals surface area contributed by atoms with E-state index in [4.69, 9.17) is 16.3 Å². The van der Waals surface area contributed by atoms with Crippen molar-refractivity contribution < 1.29 is 4.74 Å². The van der Waals surface area contributed by atoms with Crippen LogP contribution >= 0.6 is 11.6 Å². The van der Waals surface area contributed by atoms with Crippen LogP contribution in [0.4, 0.5) is 5.69 Å². The number of aryl methyl sites for hydroxylation is 2. The molecule has 1 N–H and O–H groups in total. The van der Waals surface area contributed by atoms with Gasteiger partial charge in [-0.3, -0.25) is 0 Å². The Labute approximate surface area is 132 Å². The Morgan fingerprint density at radius 3 is 2.57 bits per heavy atom. The van der Waals surface area contributed by atoms with E-state index in [0.29, 0.717) is 6.61 Å². The third-order valence-electron chi connectivity index (χ3n) is 3.45. The van der Waals surface area contributed by atoms with Gasteiger partial charge in [0.25, 0.3) is 0 Å². The molecule has 0 saturated heterocycles. The Bertz CT molecular complexity index is 566. The van der Waals surface area contributed by atoms with Crippen molar-refractivity contribution in [2.75, 3.05) is 18.5 Å². The van der Waals surface area contributed by atoms with Gasteiger partial charge in [0.05, 0.1) is 6.61 Å². The second-order valence-electron chi connectivity index (χ2n) is 5.05. The van der Waals surface area contributed by atoms with Crippen molar-refractivity contribution in [3.63, 3.8) is 0 Å². The fourth-order valence-electron chi connectivity index (χ4n) is 2.28. The largest absolute Gasteiger partial charge is 0.494 e. The zero-order valence-corrected chi connectivity index (χ0v) is 13.4. The maximum Gasteiger partial charge on any atom is 0.119 e. The number of benzene rings is 2. The molecule has 0 atom stereocenters. The van der Waals surface area contributed by atoms with E-state index in [1.54, 1.807) is 0 Å². The van der Waals surface area contributed by atoms with Gasteiger partial charge in [0, 0.05) is 17.3 Å². The molecule has 2 aromatic rings. The summed E-state index contributed by atoms with van der Waals surface area (Å²) in [5.74, 6) is 0.865. The van der Waals surface area contributed by atoms with Gasteiger partial charge in [-0.1, -0.05) is 36.7 Å². The molecule has 0 aliphatic rings. The molecule has 3 heteroatoms. The predicted molar refractivity (Wildman–Crippen MR) is 90.6 cm³/mol. The standard InChI is InChI=1S/C18H22ClNO/c1-3-15-7-4-6-14(2)18(15)20-12-5-13-21-17-10-8-16(19)9-11-17/h4,6-11,20H,3,5,12-13H2,1-2H3. The first-order chi connectivity index (χ1) is 10.2. The molecule has 2 aromatic carbocycles. The Kier molecular flexibility index (Phi) is 5.94. The molecule has 0 heterocycles. The fraction of sp³-hybridized carbons (Fsp3) is 0.333. The van der Waals surface area contributed by atoms with Gasteiger partial charge in [0.15, 0.2) is 0 Å². The summed E-state index contributed by atoms with van der Waals surface area (Å²) in [6, 6.07) is 13.9. The minimum atomic E-state index is 0.696. The Morgan fingerprint density at radius 2 is 1.86 bits per heavy atom. The van der Waals surface area contributed by atoms with Crippen molar-refractivity contribution in [2.45, 2.75) is 26.7 Å². The van der Waals surface area contributed by atoms with E-state index in [0.717, 1.165) is 30.2 Å². The summed E-state index contributed by atoms with van der Waals surface area (Å²) < 4.78 is 5.69. The quantitative estimate of drug-likeness (QED) is 0.719. The van der Waals surface area contributed by atoms with Crippen LogP contribution in [0.3, 0.4) is 0 Å². The third kappa shape index (κ3) is 4.68. The molecule has 0 aromatic heterocycles. The van der Waals surface area contributed by atoms with E-state index in [-0.39, 0.29) is 0 Å². The number of ether oxygens (including phenoxy) is 1. The summed E-state index contributed by atoms with van der Waals surface area (Å²) >= 11 is 5.84. The van der Waals surface area contributed by atoms with Crippen LogP contribution < -0.4 is 10.1 Å². The van der Waals surface area contributed by atoms with E-state index in [1.807, 2.05) is 24.3 Å². The number of hydrogen-bond acceptors (Lipinski definition) is 2. The van der Waals surface area contributed by atoms with Gasteiger partial charge in [-0.25, -0.2) is 0 Å². The zero-order valence-electron chi connectivity index (χ0n) is 12.7. The molecule has 0 unspecified atom stereocenters. The van der Waals surface area contributed by atoms with Crippen molar-refractivity contribution in [2.24, 2.45) is 0 Å². The number of rotatable bonds is 7. The number of para-hydroxylation sites is 1. The summed E-state index contributed by atoms with van der Waals surface area (Å²) in [6.45, 7) is 5.93. The summed E-state index contributed by atoms with van der Waals surface area (Å²) in [5.41, 5.74) is 3.94. The highest BCUT2D eigenvalue weighted by Crippen LogP contribution is 2.21. The molecule has 2 nitrogen and oxygen atoms in total. The van der Waals surface area contributed by atoms with Crippen LogP contribution in [-0.2, 0) is 6.42 Å². The average molecular weight is 304 g/mol. The number of nitrogens with one attached hydrogen (secondary N) is 1. The molecule has 0 fully saturated rings. The Morgan fingerprint density at radius 1 is 1.10 bits per heavy atom. The molecule has 21 heavy (non-hydrogen) atoms. The summed E-state index contributed by atoms with van der Waals surface area (Å²) in [7, 11) is 0. The third-order valence-corrected chi connectivity index (χ3v) is 3.70. The van der Waals surface area contributed by atoms with Gasteiger partial charge < -0.3 is 10.1 Å². The van der Waals surface area contributed by atoms with E-state index < -0.39 is 0 Å². The molecule has 2 rings (SSSR count). The lowest BCUT2D eigenvalue weighted by atomic mass is 10.1. The van der Waals surface area contributed by atoms with Gasteiger partial charge in [-0.2, -0.15) is 0 Å². The minimum absolute atomic E-state index is 0.696. The van der Waals surface area contributed by atoms with Crippen molar-refractivity contribution in [3.05, 3.63) is 58.6 Å². The van der Waals surface area contributed by atoms with E-state index >= 15 is 0 Å². The Hall–Kier alpha value is -1.67. The molecule has 0 bridgehead atoms. The first-order valence-electron chi connectivity index (χ1n) is 7.41.